The maximum absolute atomic E-state index is 11.6. The molecule has 1 aliphatic carbocycles. The molecule has 16 heavy (non-hydrogen) atoms. The number of nitrogens with one attached hydrogen (secondary N) is 1. The van der Waals surface area contributed by atoms with Crippen LogP contribution in [0.2, 0.25) is 0 Å². The van der Waals surface area contributed by atoms with Crippen molar-refractivity contribution in [3.05, 3.63) is 29.8 Å². The lowest BCUT2D eigenvalue weighted by molar-refractivity contribution is -0.120. The number of ether oxygens (including phenoxy) is 1. The van der Waals surface area contributed by atoms with Gasteiger partial charge in [-0.25, -0.2) is 0 Å². The molecule has 0 bridgehead atoms. The van der Waals surface area contributed by atoms with Crippen molar-refractivity contribution in [1.82, 2.24) is 5.32 Å². The van der Waals surface area contributed by atoms with Crippen molar-refractivity contribution in [3.63, 3.8) is 0 Å². The summed E-state index contributed by atoms with van der Waals surface area (Å²) in [7, 11) is 1.64. The molecule has 1 fully saturated rings. The molecule has 1 amide bonds. The Bertz CT molecular complexity index is 355. The summed E-state index contributed by atoms with van der Waals surface area (Å²) in [4.78, 5) is 11.6. The molecule has 0 saturated heterocycles. The molecule has 0 unspecified atom stereocenters. The smallest absolute Gasteiger partial charge is 0.224 e. The lowest BCUT2D eigenvalue weighted by Crippen LogP contribution is -2.27. The van der Waals surface area contributed by atoms with Crippen molar-refractivity contribution in [2.24, 2.45) is 5.92 Å². The number of carbonyl (C=O) groups excluding carboxylic acids is 1. The summed E-state index contributed by atoms with van der Waals surface area (Å²) in [5.74, 6) is 1.67. The van der Waals surface area contributed by atoms with E-state index in [1.54, 1.807) is 7.11 Å². The minimum absolute atomic E-state index is 0.108. The fourth-order valence-corrected chi connectivity index (χ4v) is 1.57. The van der Waals surface area contributed by atoms with Gasteiger partial charge in [0.05, 0.1) is 13.5 Å². The van der Waals surface area contributed by atoms with Gasteiger partial charge in [0, 0.05) is 6.54 Å². The van der Waals surface area contributed by atoms with Gasteiger partial charge >= 0.3 is 0 Å². The van der Waals surface area contributed by atoms with Gasteiger partial charge in [0.2, 0.25) is 5.91 Å². The highest BCUT2D eigenvalue weighted by molar-refractivity contribution is 5.78. The quantitative estimate of drug-likeness (QED) is 0.819. The van der Waals surface area contributed by atoms with Gasteiger partial charge in [-0.2, -0.15) is 0 Å². The molecule has 0 aliphatic heterocycles. The van der Waals surface area contributed by atoms with Crippen LogP contribution in [0.1, 0.15) is 18.4 Å². The molecule has 0 radical (unpaired) electrons. The highest BCUT2D eigenvalue weighted by atomic mass is 16.5. The Hall–Kier alpha value is -1.51. The lowest BCUT2D eigenvalue weighted by atomic mass is 10.1. The molecular weight excluding hydrogens is 202 g/mol. The summed E-state index contributed by atoms with van der Waals surface area (Å²) in [5, 5.41) is 2.95. The van der Waals surface area contributed by atoms with Gasteiger partial charge in [-0.3, -0.25) is 4.79 Å². The van der Waals surface area contributed by atoms with E-state index in [9.17, 15) is 4.79 Å². The van der Waals surface area contributed by atoms with Crippen molar-refractivity contribution >= 4 is 5.91 Å². The third kappa shape index (κ3) is 3.26. The Kier molecular flexibility index (Phi) is 3.44. The SMILES string of the molecule is COc1ccc(CC(=O)NCC2CC2)cc1. The van der Waals surface area contributed by atoms with E-state index < -0.39 is 0 Å². The zero-order valence-electron chi connectivity index (χ0n) is 9.53. The van der Waals surface area contributed by atoms with Gasteiger partial charge < -0.3 is 10.1 Å². The predicted molar refractivity (Wildman–Crippen MR) is 62.4 cm³/mol. The molecule has 3 heteroatoms. The molecule has 3 nitrogen and oxygen atoms in total. The van der Waals surface area contributed by atoms with Crippen LogP contribution in [0.15, 0.2) is 24.3 Å². The minimum atomic E-state index is 0.108. The second-order valence-corrected chi connectivity index (χ2v) is 4.27. The van der Waals surface area contributed by atoms with Crippen LogP contribution < -0.4 is 10.1 Å². The fraction of sp³-hybridized carbons (Fsp3) is 0.462. The first-order valence-corrected chi connectivity index (χ1v) is 5.67. The lowest BCUT2D eigenvalue weighted by Gasteiger charge is -2.05. The van der Waals surface area contributed by atoms with Gasteiger partial charge in [-0.15, -0.1) is 0 Å². The Morgan fingerprint density at radius 2 is 2.06 bits per heavy atom. The molecule has 0 aromatic heterocycles. The van der Waals surface area contributed by atoms with Gasteiger partial charge in [0.25, 0.3) is 0 Å². The zero-order chi connectivity index (χ0) is 11.4. The third-order valence-electron chi connectivity index (χ3n) is 2.81. The summed E-state index contributed by atoms with van der Waals surface area (Å²) in [5.41, 5.74) is 1.02. The van der Waals surface area contributed by atoms with E-state index in [0.717, 1.165) is 23.8 Å². The van der Waals surface area contributed by atoms with Crippen LogP contribution in [0.4, 0.5) is 0 Å². The number of benzene rings is 1. The number of methoxy groups -OCH3 is 1. The molecular formula is C13H17NO2. The standard InChI is InChI=1S/C13H17NO2/c1-16-12-6-4-10(5-7-12)8-13(15)14-9-11-2-3-11/h4-7,11H,2-3,8-9H2,1H3,(H,14,15). The number of hydrogen-bond donors (Lipinski definition) is 1. The minimum Gasteiger partial charge on any atom is -0.497 e. The molecule has 1 aromatic rings. The van der Waals surface area contributed by atoms with E-state index in [1.165, 1.54) is 12.8 Å². The number of carbonyl (C=O) groups is 1. The van der Waals surface area contributed by atoms with Gasteiger partial charge in [-0.05, 0) is 36.5 Å². The maximum Gasteiger partial charge on any atom is 0.224 e. The molecule has 86 valence electrons. The Labute approximate surface area is 95.8 Å². The summed E-state index contributed by atoms with van der Waals surface area (Å²) >= 11 is 0. The van der Waals surface area contributed by atoms with E-state index in [0.29, 0.717) is 6.42 Å². The predicted octanol–water partition coefficient (Wildman–Crippen LogP) is 1.76. The second-order valence-electron chi connectivity index (χ2n) is 4.27. The summed E-state index contributed by atoms with van der Waals surface area (Å²) < 4.78 is 5.06. The first-order valence-electron chi connectivity index (χ1n) is 5.67. The second kappa shape index (κ2) is 5.01. The highest BCUT2D eigenvalue weighted by Gasteiger charge is 2.21. The van der Waals surface area contributed by atoms with Gasteiger partial charge in [-0.1, -0.05) is 12.1 Å². The van der Waals surface area contributed by atoms with Crippen molar-refractivity contribution in [2.75, 3.05) is 13.7 Å². The van der Waals surface area contributed by atoms with Crippen LogP contribution in [0, 0.1) is 5.92 Å². The van der Waals surface area contributed by atoms with Gasteiger partial charge in [0.1, 0.15) is 5.75 Å². The van der Waals surface area contributed by atoms with E-state index in [-0.39, 0.29) is 5.91 Å². The van der Waals surface area contributed by atoms with Crippen LogP contribution in [0.25, 0.3) is 0 Å². The van der Waals surface area contributed by atoms with Crippen LogP contribution in [-0.4, -0.2) is 19.6 Å². The molecule has 0 heterocycles. The third-order valence-corrected chi connectivity index (χ3v) is 2.81. The van der Waals surface area contributed by atoms with E-state index in [4.69, 9.17) is 4.74 Å². The van der Waals surface area contributed by atoms with Crippen molar-refractivity contribution in [2.45, 2.75) is 19.3 Å². The highest BCUT2D eigenvalue weighted by Crippen LogP contribution is 2.27. The number of hydrogen-bond acceptors (Lipinski definition) is 2. The molecule has 1 aromatic carbocycles. The maximum atomic E-state index is 11.6. The average Bonchev–Trinajstić information content (AvgIpc) is 3.11. The van der Waals surface area contributed by atoms with E-state index in [1.807, 2.05) is 24.3 Å². The normalized spacial score (nSPS) is 14.6. The van der Waals surface area contributed by atoms with Crippen LogP contribution in [-0.2, 0) is 11.2 Å². The molecule has 1 aliphatic rings. The zero-order valence-corrected chi connectivity index (χ0v) is 9.53. The average molecular weight is 219 g/mol. The van der Waals surface area contributed by atoms with Crippen molar-refractivity contribution < 1.29 is 9.53 Å². The summed E-state index contributed by atoms with van der Waals surface area (Å²) in [6.07, 6.45) is 2.99. The Morgan fingerprint density at radius 3 is 2.62 bits per heavy atom. The van der Waals surface area contributed by atoms with Crippen LogP contribution in [0.5, 0.6) is 5.75 Å². The first-order chi connectivity index (χ1) is 7.78. The number of rotatable bonds is 5. The largest absolute Gasteiger partial charge is 0.497 e. The monoisotopic (exact) mass is 219 g/mol. The van der Waals surface area contributed by atoms with E-state index >= 15 is 0 Å². The number of amides is 1. The molecule has 0 spiro atoms. The molecule has 1 saturated carbocycles. The van der Waals surface area contributed by atoms with Crippen LogP contribution >= 0.6 is 0 Å². The first kappa shape index (κ1) is 11.0. The fourth-order valence-electron chi connectivity index (χ4n) is 1.57. The summed E-state index contributed by atoms with van der Waals surface area (Å²) in [6.45, 7) is 0.842. The van der Waals surface area contributed by atoms with Gasteiger partial charge in [0.15, 0.2) is 0 Å². The van der Waals surface area contributed by atoms with Crippen molar-refractivity contribution in [3.8, 4) is 5.75 Å². The Balaban J connectivity index is 1.79. The molecule has 1 N–H and O–H groups in total. The van der Waals surface area contributed by atoms with E-state index in [2.05, 4.69) is 5.32 Å². The summed E-state index contributed by atoms with van der Waals surface area (Å²) in [6, 6.07) is 7.61. The van der Waals surface area contributed by atoms with Crippen LogP contribution in [0.3, 0.4) is 0 Å². The van der Waals surface area contributed by atoms with Crippen molar-refractivity contribution in [1.29, 1.82) is 0 Å². The Morgan fingerprint density at radius 1 is 1.38 bits per heavy atom. The molecule has 0 atom stereocenters. The topological polar surface area (TPSA) is 38.3 Å². The molecule has 2 rings (SSSR count).